The molecule has 0 saturated carbocycles. The Bertz CT molecular complexity index is 1210. The van der Waals surface area contributed by atoms with E-state index in [0.29, 0.717) is 23.2 Å². The highest BCUT2D eigenvalue weighted by atomic mass is 32.2. The van der Waals surface area contributed by atoms with Crippen LogP contribution in [0.1, 0.15) is 43.7 Å². The number of aromatic nitrogens is 1. The van der Waals surface area contributed by atoms with E-state index in [2.05, 4.69) is 42.9 Å². The summed E-state index contributed by atoms with van der Waals surface area (Å²) in [4.78, 5) is 12.5. The van der Waals surface area contributed by atoms with Crippen LogP contribution in [-0.2, 0) is 10.0 Å². The summed E-state index contributed by atoms with van der Waals surface area (Å²) in [5, 5.41) is 1.26. The zero-order valence-corrected chi connectivity index (χ0v) is 21.6. The van der Waals surface area contributed by atoms with Crippen molar-refractivity contribution in [2.75, 3.05) is 36.7 Å². The summed E-state index contributed by atoms with van der Waals surface area (Å²) in [5.41, 5.74) is 3.19. The average Bonchev–Trinajstić information content (AvgIpc) is 3.45. The molecule has 0 spiro atoms. The molecule has 0 radical (unpaired) electrons. The minimum Gasteiger partial charge on any atom is -0.306 e. The second kappa shape index (κ2) is 9.47. The minimum absolute atomic E-state index is 0.00256. The molecule has 0 aliphatic carbocycles. The summed E-state index contributed by atoms with van der Waals surface area (Å²) >= 11 is 1.87. The largest absolute Gasteiger partial charge is 0.306 e. The molecule has 2 atom stereocenters. The lowest BCUT2D eigenvalue weighted by Gasteiger charge is -2.28. The zero-order chi connectivity index (χ0) is 23.9. The van der Waals surface area contributed by atoms with Gasteiger partial charge in [-0.3, -0.25) is 4.99 Å². The number of rotatable bonds is 5. The van der Waals surface area contributed by atoms with Gasteiger partial charge in [-0.05, 0) is 70.6 Å². The van der Waals surface area contributed by atoms with Gasteiger partial charge in [0, 0.05) is 35.9 Å². The molecule has 0 N–H and O–H groups in total. The van der Waals surface area contributed by atoms with Crippen LogP contribution in [0.15, 0.2) is 58.1 Å². The van der Waals surface area contributed by atoms with E-state index in [4.69, 9.17) is 4.99 Å². The average molecular weight is 497 g/mol. The van der Waals surface area contributed by atoms with Gasteiger partial charge < -0.3 is 4.90 Å². The van der Waals surface area contributed by atoms with E-state index in [1.165, 1.54) is 14.9 Å². The Balaban J connectivity index is 1.50. The van der Waals surface area contributed by atoms with Crippen LogP contribution in [0.4, 0.5) is 5.82 Å². The molecule has 3 aliphatic rings. The number of sulfonamides is 1. The maximum absolute atomic E-state index is 13.6. The van der Waals surface area contributed by atoms with Crippen LogP contribution in [0.2, 0.25) is 0 Å². The Kier molecular flexibility index (Phi) is 6.57. The molecule has 5 rings (SSSR count). The van der Waals surface area contributed by atoms with Crippen LogP contribution in [0.25, 0.3) is 6.08 Å². The molecular weight excluding hydrogens is 464 g/mol. The van der Waals surface area contributed by atoms with Crippen LogP contribution < -0.4 is 4.31 Å². The van der Waals surface area contributed by atoms with E-state index in [1.54, 1.807) is 30.5 Å². The molecule has 2 aromatic rings. The first-order chi connectivity index (χ1) is 16.3. The smallest absolute Gasteiger partial charge is 0.265 e. The van der Waals surface area contributed by atoms with Gasteiger partial charge in [0.2, 0.25) is 0 Å². The number of benzene rings is 1. The third kappa shape index (κ3) is 4.55. The van der Waals surface area contributed by atoms with Crippen molar-refractivity contribution in [3.05, 3.63) is 59.3 Å². The quantitative estimate of drug-likeness (QED) is 0.603. The summed E-state index contributed by atoms with van der Waals surface area (Å²) in [6.07, 6.45) is 6.17. The SMILES string of the molecule is CC(C)=Cc1cnc2c(c1)C(C1CSC(C3CCN(C)CC3)=N1)CN2S(=O)(=O)c1ccccc1. The molecule has 1 fully saturated rings. The number of anilines is 1. The van der Waals surface area contributed by atoms with Crippen molar-refractivity contribution in [3.63, 3.8) is 0 Å². The zero-order valence-electron chi connectivity index (χ0n) is 20.0. The van der Waals surface area contributed by atoms with Crippen molar-refractivity contribution >= 4 is 38.7 Å². The predicted octanol–water partition coefficient (Wildman–Crippen LogP) is 4.65. The number of allylic oxidation sites excluding steroid dienone is 1. The lowest BCUT2D eigenvalue weighted by molar-refractivity contribution is 0.253. The van der Waals surface area contributed by atoms with Crippen molar-refractivity contribution < 1.29 is 8.42 Å². The summed E-state index contributed by atoms with van der Waals surface area (Å²) in [6.45, 7) is 6.72. The first kappa shape index (κ1) is 23.6. The number of thioether (sulfide) groups is 1. The Hall–Kier alpha value is -2.16. The van der Waals surface area contributed by atoms with Crippen molar-refractivity contribution in [1.29, 1.82) is 0 Å². The van der Waals surface area contributed by atoms with Gasteiger partial charge in [-0.1, -0.05) is 29.8 Å². The van der Waals surface area contributed by atoms with Crippen LogP contribution in [0.3, 0.4) is 0 Å². The summed E-state index contributed by atoms with van der Waals surface area (Å²) in [7, 11) is -1.52. The van der Waals surface area contributed by atoms with E-state index >= 15 is 0 Å². The second-order valence-electron chi connectivity index (χ2n) is 9.78. The fraction of sp³-hybridized carbons (Fsp3) is 0.462. The van der Waals surface area contributed by atoms with Crippen molar-refractivity contribution in [2.24, 2.45) is 10.9 Å². The third-order valence-corrected chi connectivity index (χ3v) is 9.94. The molecule has 2 unspecified atom stereocenters. The topological polar surface area (TPSA) is 65.9 Å². The lowest BCUT2D eigenvalue weighted by atomic mass is 9.94. The first-order valence-corrected chi connectivity index (χ1v) is 14.4. The number of piperidine rings is 1. The molecule has 3 aliphatic heterocycles. The molecule has 1 saturated heterocycles. The van der Waals surface area contributed by atoms with Crippen LogP contribution >= 0.6 is 11.8 Å². The van der Waals surface area contributed by atoms with E-state index in [9.17, 15) is 8.42 Å². The molecule has 180 valence electrons. The third-order valence-electron chi connectivity index (χ3n) is 6.93. The fourth-order valence-corrected chi connectivity index (χ4v) is 7.93. The standard InChI is InChI=1S/C26H32N4O2S2/c1-18(2)13-19-14-22-23(24-17-33-26(28-24)20-9-11-29(3)12-10-20)16-30(25(22)27-15-19)34(31,32)21-7-5-4-6-8-21/h4-8,13-15,20,23-24H,9-12,16-17H2,1-3H3. The normalized spacial score (nSPS) is 23.6. The van der Waals surface area contributed by atoms with Gasteiger partial charge in [0.05, 0.1) is 16.0 Å². The highest BCUT2D eigenvalue weighted by molar-refractivity contribution is 8.14. The van der Waals surface area contributed by atoms with E-state index < -0.39 is 10.0 Å². The number of hydrogen-bond acceptors (Lipinski definition) is 6. The van der Waals surface area contributed by atoms with E-state index in [0.717, 1.165) is 42.8 Å². The summed E-state index contributed by atoms with van der Waals surface area (Å²) in [5.74, 6) is 1.99. The predicted molar refractivity (Wildman–Crippen MR) is 141 cm³/mol. The molecular formula is C26H32N4O2S2. The van der Waals surface area contributed by atoms with Crippen LogP contribution in [0, 0.1) is 5.92 Å². The number of likely N-dealkylation sites (tertiary alicyclic amines) is 1. The second-order valence-corrected chi connectivity index (χ2v) is 12.7. The van der Waals surface area contributed by atoms with Gasteiger partial charge in [0.25, 0.3) is 10.0 Å². The highest BCUT2D eigenvalue weighted by Crippen LogP contribution is 2.44. The highest BCUT2D eigenvalue weighted by Gasteiger charge is 2.43. The van der Waals surface area contributed by atoms with Gasteiger partial charge in [-0.2, -0.15) is 0 Å². The van der Waals surface area contributed by atoms with Crippen LogP contribution in [0.5, 0.6) is 0 Å². The molecule has 34 heavy (non-hydrogen) atoms. The fourth-order valence-electron chi connectivity index (χ4n) is 5.10. The van der Waals surface area contributed by atoms with Crippen molar-refractivity contribution in [1.82, 2.24) is 9.88 Å². The number of aliphatic imine (C=N–C) groups is 1. The Morgan fingerprint density at radius 3 is 2.59 bits per heavy atom. The monoisotopic (exact) mass is 496 g/mol. The van der Waals surface area contributed by atoms with Gasteiger partial charge in [-0.15, -0.1) is 11.8 Å². The number of nitrogens with zero attached hydrogens (tertiary/aromatic N) is 4. The van der Waals surface area contributed by atoms with Crippen molar-refractivity contribution in [3.8, 4) is 0 Å². The first-order valence-electron chi connectivity index (χ1n) is 11.9. The number of pyridine rings is 1. The molecule has 1 aromatic heterocycles. The molecule has 1 aromatic carbocycles. The van der Waals surface area contributed by atoms with E-state index in [1.807, 2.05) is 17.8 Å². The molecule has 6 nitrogen and oxygen atoms in total. The maximum Gasteiger partial charge on any atom is 0.265 e. The van der Waals surface area contributed by atoms with Gasteiger partial charge in [-0.25, -0.2) is 17.7 Å². The molecule has 8 heteroatoms. The van der Waals surface area contributed by atoms with Gasteiger partial charge >= 0.3 is 0 Å². The van der Waals surface area contributed by atoms with Gasteiger partial charge in [0.15, 0.2) is 0 Å². The van der Waals surface area contributed by atoms with Crippen molar-refractivity contribution in [2.45, 2.75) is 43.5 Å². The Morgan fingerprint density at radius 1 is 1.15 bits per heavy atom. The lowest BCUT2D eigenvalue weighted by Crippen LogP contribution is -2.33. The maximum atomic E-state index is 13.6. The van der Waals surface area contributed by atoms with E-state index in [-0.39, 0.29) is 12.0 Å². The summed E-state index contributed by atoms with van der Waals surface area (Å²) < 4.78 is 28.7. The van der Waals surface area contributed by atoms with Crippen LogP contribution in [-0.4, -0.2) is 61.8 Å². The Morgan fingerprint density at radius 2 is 1.88 bits per heavy atom. The number of hydrogen-bond donors (Lipinski definition) is 0. The molecule has 0 bridgehead atoms. The van der Waals surface area contributed by atoms with Gasteiger partial charge in [0.1, 0.15) is 5.82 Å². The number of fused-ring (bicyclic) bond motifs is 1. The Labute approximate surface area is 207 Å². The molecule has 0 amide bonds. The summed E-state index contributed by atoms with van der Waals surface area (Å²) in [6, 6.07) is 10.9. The molecule has 4 heterocycles. The minimum atomic E-state index is -3.70.